The van der Waals surface area contributed by atoms with Crippen molar-refractivity contribution in [3.63, 3.8) is 0 Å². The van der Waals surface area contributed by atoms with Crippen molar-refractivity contribution < 1.29 is 13.5 Å². The first-order valence-electron chi connectivity index (χ1n) is 9.04. The molecule has 0 fully saturated rings. The van der Waals surface area contributed by atoms with Crippen molar-refractivity contribution >= 4 is 0 Å². The zero-order valence-corrected chi connectivity index (χ0v) is 14.6. The normalized spacial score (nSPS) is 14.0. The lowest BCUT2D eigenvalue weighted by Gasteiger charge is -2.16. The van der Waals surface area contributed by atoms with Gasteiger partial charge in [-0.25, -0.2) is 4.39 Å². The number of hydrogen-bond donors (Lipinski definition) is 1. The van der Waals surface area contributed by atoms with Gasteiger partial charge in [-0.15, -0.1) is 0 Å². The van der Waals surface area contributed by atoms with Crippen molar-refractivity contribution in [2.75, 3.05) is 13.2 Å². The van der Waals surface area contributed by atoms with Gasteiger partial charge in [0, 0.05) is 18.9 Å². The van der Waals surface area contributed by atoms with Crippen molar-refractivity contribution in [1.82, 2.24) is 5.32 Å². The van der Waals surface area contributed by atoms with Gasteiger partial charge in [0.15, 0.2) is 0 Å². The highest BCUT2D eigenvalue weighted by Gasteiger charge is 2.17. The molecule has 0 bridgehead atoms. The minimum Gasteiger partial charge on any atom is -0.493 e. The second kappa shape index (κ2) is 7.75. The quantitative estimate of drug-likeness (QED) is 0.629. The third-order valence-electron chi connectivity index (χ3n) is 4.85. The number of furan rings is 1. The molecular weight excluding hydrogens is 329 g/mol. The molecule has 0 amide bonds. The van der Waals surface area contributed by atoms with Crippen LogP contribution in [0.1, 0.15) is 34.8 Å². The van der Waals surface area contributed by atoms with Crippen LogP contribution in [-0.2, 0) is 13.0 Å². The fourth-order valence-corrected chi connectivity index (χ4v) is 3.49. The highest BCUT2D eigenvalue weighted by Crippen LogP contribution is 2.28. The van der Waals surface area contributed by atoms with Crippen LogP contribution in [-0.4, -0.2) is 13.2 Å². The topological polar surface area (TPSA) is 34.4 Å². The van der Waals surface area contributed by atoms with Crippen LogP contribution in [0, 0.1) is 5.82 Å². The highest BCUT2D eigenvalue weighted by molar-refractivity contribution is 5.39. The average molecular weight is 351 g/mol. The van der Waals surface area contributed by atoms with E-state index in [0.29, 0.717) is 0 Å². The lowest BCUT2D eigenvalue weighted by molar-refractivity contribution is 0.357. The van der Waals surface area contributed by atoms with E-state index < -0.39 is 0 Å². The zero-order chi connectivity index (χ0) is 17.8. The van der Waals surface area contributed by atoms with Crippen LogP contribution in [0.25, 0.3) is 0 Å². The molecule has 134 valence electrons. The van der Waals surface area contributed by atoms with E-state index in [-0.39, 0.29) is 11.7 Å². The summed E-state index contributed by atoms with van der Waals surface area (Å²) in [4.78, 5) is 0. The van der Waals surface area contributed by atoms with Gasteiger partial charge in [0.05, 0.1) is 12.9 Å². The molecule has 4 heteroatoms. The molecule has 1 aromatic heterocycles. The van der Waals surface area contributed by atoms with Crippen molar-refractivity contribution in [1.29, 1.82) is 0 Å². The minimum absolute atomic E-state index is 0.117. The number of ether oxygens (including phenoxy) is 1. The van der Waals surface area contributed by atoms with Crippen LogP contribution in [0.15, 0.2) is 65.3 Å². The molecule has 1 aliphatic rings. The van der Waals surface area contributed by atoms with E-state index in [1.54, 1.807) is 6.26 Å². The fraction of sp³-hybridized carbons (Fsp3) is 0.273. The van der Waals surface area contributed by atoms with Gasteiger partial charge in [-0.05, 0) is 60.0 Å². The Morgan fingerprint density at radius 3 is 2.77 bits per heavy atom. The maximum Gasteiger partial charge on any atom is 0.123 e. The van der Waals surface area contributed by atoms with Gasteiger partial charge in [0.2, 0.25) is 0 Å². The van der Waals surface area contributed by atoms with Gasteiger partial charge in [0.25, 0.3) is 0 Å². The van der Waals surface area contributed by atoms with E-state index in [1.807, 2.05) is 24.3 Å². The first kappa shape index (κ1) is 16.9. The number of halogens is 1. The molecule has 3 nitrogen and oxygen atoms in total. The van der Waals surface area contributed by atoms with Crippen molar-refractivity contribution in [2.24, 2.45) is 0 Å². The van der Waals surface area contributed by atoms with Gasteiger partial charge in [-0.3, -0.25) is 0 Å². The fourth-order valence-electron chi connectivity index (χ4n) is 3.49. The summed E-state index contributed by atoms with van der Waals surface area (Å²) in [5, 5.41) is 3.51. The Kier molecular flexibility index (Phi) is 5.02. The summed E-state index contributed by atoms with van der Waals surface area (Å²) >= 11 is 0. The standard InChI is InChI=1S/C22H22FNO2/c23-19-6-4-17(5-7-19)20(22-2-1-12-25-22)9-11-24-15-16-3-8-21-18(14-16)10-13-26-21/h1-8,12,14,20,24H,9-11,13,15H2. The third-order valence-corrected chi connectivity index (χ3v) is 4.85. The van der Waals surface area contributed by atoms with Crippen LogP contribution in [0.5, 0.6) is 5.75 Å². The first-order valence-corrected chi connectivity index (χ1v) is 9.04. The Morgan fingerprint density at radius 2 is 1.96 bits per heavy atom. The van der Waals surface area contributed by atoms with Crippen molar-refractivity contribution in [3.05, 3.63) is 89.1 Å². The number of benzene rings is 2. The Bertz CT molecular complexity index is 843. The van der Waals surface area contributed by atoms with Gasteiger partial charge in [0.1, 0.15) is 17.3 Å². The number of hydrogen-bond acceptors (Lipinski definition) is 3. The second-order valence-corrected chi connectivity index (χ2v) is 6.63. The van der Waals surface area contributed by atoms with Crippen LogP contribution < -0.4 is 10.1 Å². The maximum absolute atomic E-state index is 13.2. The summed E-state index contributed by atoms with van der Waals surface area (Å²) in [6.45, 7) is 2.45. The van der Waals surface area contributed by atoms with Crippen LogP contribution in [0.3, 0.4) is 0 Å². The molecule has 2 aromatic carbocycles. The van der Waals surface area contributed by atoms with E-state index in [2.05, 4.69) is 23.5 Å². The molecule has 3 aromatic rings. The van der Waals surface area contributed by atoms with E-state index in [1.165, 1.54) is 23.3 Å². The molecule has 1 atom stereocenters. The Hall–Kier alpha value is -2.59. The summed E-state index contributed by atoms with van der Waals surface area (Å²) in [7, 11) is 0. The van der Waals surface area contributed by atoms with Gasteiger partial charge in [-0.2, -0.15) is 0 Å². The number of rotatable bonds is 7. The maximum atomic E-state index is 13.2. The largest absolute Gasteiger partial charge is 0.493 e. The predicted molar refractivity (Wildman–Crippen MR) is 98.9 cm³/mol. The third kappa shape index (κ3) is 3.81. The van der Waals surface area contributed by atoms with Crippen LogP contribution >= 0.6 is 0 Å². The average Bonchev–Trinajstić information content (AvgIpc) is 3.34. The van der Waals surface area contributed by atoms with E-state index in [0.717, 1.165) is 49.6 Å². The smallest absolute Gasteiger partial charge is 0.123 e. The molecular formula is C22H22FNO2. The molecule has 2 heterocycles. The van der Waals surface area contributed by atoms with E-state index >= 15 is 0 Å². The Balaban J connectivity index is 1.37. The molecule has 0 radical (unpaired) electrons. The molecule has 4 rings (SSSR count). The molecule has 0 saturated carbocycles. The highest BCUT2D eigenvalue weighted by atomic mass is 19.1. The van der Waals surface area contributed by atoms with Gasteiger partial charge >= 0.3 is 0 Å². The van der Waals surface area contributed by atoms with E-state index in [9.17, 15) is 4.39 Å². The molecule has 0 spiro atoms. The second-order valence-electron chi connectivity index (χ2n) is 6.63. The summed E-state index contributed by atoms with van der Waals surface area (Å²) in [6, 6.07) is 17.0. The van der Waals surface area contributed by atoms with E-state index in [4.69, 9.17) is 9.15 Å². The Morgan fingerprint density at radius 1 is 1.08 bits per heavy atom. The first-order chi connectivity index (χ1) is 12.8. The van der Waals surface area contributed by atoms with Gasteiger partial charge < -0.3 is 14.5 Å². The SMILES string of the molecule is Fc1ccc(C(CCNCc2ccc3c(c2)CCO3)c2ccco2)cc1. The molecule has 1 aliphatic heterocycles. The summed E-state index contributed by atoms with van der Waals surface area (Å²) in [6.07, 6.45) is 3.56. The Labute approximate surface area is 152 Å². The summed E-state index contributed by atoms with van der Waals surface area (Å²) in [5.41, 5.74) is 3.63. The predicted octanol–water partition coefficient (Wildman–Crippen LogP) is 4.67. The molecule has 0 saturated heterocycles. The lowest BCUT2D eigenvalue weighted by atomic mass is 9.93. The number of fused-ring (bicyclic) bond motifs is 1. The molecule has 26 heavy (non-hydrogen) atoms. The summed E-state index contributed by atoms with van der Waals surface area (Å²) < 4.78 is 24.4. The van der Waals surface area contributed by atoms with Crippen molar-refractivity contribution in [2.45, 2.75) is 25.3 Å². The molecule has 1 unspecified atom stereocenters. The van der Waals surface area contributed by atoms with Crippen molar-refractivity contribution in [3.8, 4) is 5.75 Å². The van der Waals surface area contributed by atoms with Crippen LogP contribution in [0.4, 0.5) is 4.39 Å². The van der Waals surface area contributed by atoms with Gasteiger partial charge in [-0.1, -0.05) is 24.3 Å². The number of nitrogens with one attached hydrogen (secondary N) is 1. The zero-order valence-electron chi connectivity index (χ0n) is 14.6. The summed E-state index contributed by atoms with van der Waals surface area (Å²) in [5.74, 6) is 1.83. The van der Waals surface area contributed by atoms with Crippen LogP contribution in [0.2, 0.25) is 0 Å². The lowest BCUT2D eigenvalue weighted by Crippen LogP contribution is -2.17. The monoisotopic (exact) mass is 351 g/mol. The molecule has 1 N–H and O–H groups in total. The minimum atomic E-state index is -0.217. The molecule has 0 aliphatic carbocycles.